The van der Waals surface area contributed by atoms with E-state index in [9.17, 15) is 18.0 Å². The number of halogens is 3. The minimum Gasteiger partial charge on any atom is -0.492 e. The molecule has 2 aromatic rings. The number of urea groups is 1. The van der Waals surface area contributed by atoms with E-state index < -0.39 is 17.8 Å². The lowest BCUT2D eigenvalue weighted by Gasteiger charge is -2.11. The molecule has 0 radical (unpaired) electrons. The molecular weight excluding hydrogens is 345 g/mol. The molecule has 2 aromatic carbocycles. The second-order valence-electron chi connectivity index (χ2n) is 6.03. The Balaban J connectivity index is 1.72. The lowest BCUT2D eigenvalue weighted by Crippen LogP contribution is -2.32. The number of benzene rings is 2. The molecule has 2 rings (SSSR count). The van der Waals surface area contributed by atoms with Crippen molar-refractivity contribution in [3.05, 3.63) is 59.7 Å². The summed E-state index contributed by atoms with van der Waals surface area (Å²) in [6.07, 6.45) is -4.40. The number of rotatable bonds is 6. The van der Waals surface area contributed by atoms with Gasteiger partial charge in [-0.1, -0.05) is 26.0 Å². The monoisotopic (exact) mass is 366 g/mol. The normalized spacial score (nSPS) is 11.3. The van der Waals surface area contributed by atoms with E-state index in [4.69, 9.17) is 4.74 Å². The van der Waals surface area contributed by atoms with Gasteiger partial charge in [-0.3, -0.25) is 0 Å². The topological polar surface area (TPSA) is 50.4 Å². The molecule has 0 saturated heterocycles. The quantitative estimate of drug-likeness (QED) is 0.705. The van der Waals surface area contributed by atoms with Gasteiger partial charge in [0.15, 0.2) is 0 Å². The number of carbonyl (C=O) groups excluding carboxylic acids is 1. The van der Waals surface area contributed by atoms with Gasteiger partial charge in [0.25, 0.3) is 0 Å². The summed E-state index contributed by atoms with van der Waals surface area (Å²) in [4.78, 5) is 11.7. The van der Waals surface area contributed by atoms with Crippen LogP contribution in [-0.4, -0.2) is 19.2 Å². The molecule has 0 aliphatic rings. The summed E-state index contributed by atoms with van der Waals surface area (Å²) >= 11 is 0. The maximum atomic E-state index is 12.5. The van der Waals surface area contributed by atoms with Crippen LogP contribution in [0.4, 0.5) is 23.7 Å². The Morgan fingerprint density at radius 2 is 1.65 bits per heavy atom. The average molecular weight is 366 g/mol. The SMILES string of the molecule is CC(C)c1ccc(OCCNC(=O)Nc2ccc(C(F)(F)F)cc2)cc1. The minimum absolute atomic E-state index is 0.262. The van der Waals surface area contributed by atoms with Crippen molar-refractivity contribution in [2.45, 2.75) is 25.9 Å². The molecule has 0 aromatic heterocycles. The van der Waals surface area contributed by atoms with Crippen LogP contribution >= 0.6 is 0 Å². The van der Waals surface area contributed by atoms with Gasteiger partial charge in [0, 0.05) is 5.69 Å². The van der Waals surface area contributed by atoms with Gasteiger partial charge in [-0.25, -0.2) is 4.79 Å². The summed E-state index contributed by atoms with van der Waals surface area (Å²) in [5.41, 5.74) is 0.729. The Bertz CT molecular complexity index is 711. The van der Waals surface area contributed by atoms with Crippen LogP contribution in [0.15, 0.2) is 48.5 Å². The number of hydrogen-bond acceptors (Lipinski definition) is 2. The summed E-state index contributed by atoms with van der Waals surface area (Å²) in [6, 6.07) is 11.5. The number of hydrogen-bond donors (Lipinski definition) is 2. The molecule has 0 unspecified atom stereocenters. The van der Waals surface area contributed by atoms with Crippen LogP contribution in [0.2, 0.25) is 0 Å². The van der Waals surface area contributed by atoms with E-state index >= 15 is 0 Å². The van der Waals surface area contributed by atoms with Gasteiger partial charge in [-0.2, -0.15) is 13.2 Å². The molecule has 0 aliphatic carbocycles. The van der Waals surface area contributed by atoms with Gasteiger partial charge in [0.05, 0.1) is 12.1 Å². The van der Waals surface area contributed by atoms with Crippen molar-refractivity contribution in [3.8, 4) is 5.75 Å². The van der Waals surface area contributed by atoms with Crippen LogP contribution in [0.3, 0.4) is 0 Å². The van der Waals surface area contributed by atoms with E-state index in [1.54, 1.807) is 0 Å². The van der Waals surface area contributed by atoms with Crippen molar-refractivity contribution in [2.75, 3.05) is 18.5 Å². The molecule has 4 nitrogen and oxygen atoms in total. The molecule has 0 bridgehead atoms. The Hall–Kier alpha value is -2.70. The molecule has 26 heavy (non-hydrogen) atoms. The highest BCUT2D eigenvalue weighted by molar-refractivity contribution is 5.89. The van der Waals surface area contributed by atoms with Crippen LogP contribution in [0.5, 0.6) is 5.75 Å². The number of carbonyl (C=O) groups is 1. The smallest absolute Gasteiger partial charge is 0.416 e. The van der Waals surface area contributed by atoms with E-state index in [0.717, 1.165) is 12.1 Å². The van der Waals surface area contributed by atoms with E-state index in [-0.39, 0.29) is 18.8 Å². The molecule has 0 spiro atoms. The van der Waals surface area contributed by atoms with Crippen LogP contribution in [0.25, 0.3) is 0 Å². The molecule has 0 aliphatic heterocycles. The van der Waals surface area contributed by atoms with Crippen molar-refractivity contribution < 1.29 is 22.7 Å². The summed E-state index contributed by atoms with van der Waals surface area (Å²) in [5, 5.41) is 5.04. The minimum atomic E-state index is -4.40. The first kappa shape index (κ1) is 19.6. The maximum Gasteiger partial charge on any atom is 0.416 e. The number of anilines is 1. The van der Waals surface area contributed by atoms with E-state index in [1.807, 2.05) is 24.3 Å². The third-order valence-corrected chi connectivity index (χ3v) is 3.67. The Labute approximate surface area is 150 Å². The summed E-state index contributed by atoms with van der Waals surface area (Å²) in [5.74, 6) is 1.15. The molecule has 2 N–H and O–H groups in total. The van der Waals surface area contributed by atoms with Crippen molar-refractivity contribution in [2.24, 2.45) is 0 Å². The molecule has 2 amide bonds. The number of nitrogens with one attached hydrogen (secondary N) is 2. The van der Waals surface area contributed by atoms with Crippen LogP contribution in [-0.2, 0) is 6.18 Å². The Kier molecular flexibility index (Phi) is 6.49. The molecule has 7 heteroatoms. The first-order chi connectivity index (χ1) is 12.3. The van der Waals surface area contributed by atoms with Crippen molar-refractivity contribution in [3.63, 3.8) is 0 Å². The van der Waals surface area contributed by atoms with Crippen molar-refractivity contribution in [1.82, 2.24) is 5.32 Å². The highest BCUT2D eigenvalue weighted by Crippen LogP contribution is 2.29. The summed E-state index contributed by atoms with van der Waals surface area (Å²) < 4.78 is 43.0. The van der Waals surface area contributed by atoms with E-state index in [0.29, 0.717) is 11.7 Å². The zero-order valence-electron chi connectivity index (χ0n) is 14.6. The largest absolute Gasteiger partial charge is 0.492 e. The zero-order chi connectivity index (χ0) is 19.2. The first-order valence-electron chi connectivity index (χ1n) is 8.20. The number of alkyl halides is 3. The number of ether oxygens (including phenoxy) is 1. The predicted octanol–water partition coefficient (Wildman–Crippen LogP) is 5.03. The highest BCUT2D eigenvalue weighted by atomic mass is 19.4. The standard InChI is InChI=1S/C19H21F3N2O2/c1-13(2)14-3-9-17(10-4-14)26-12-11-23-18(25)24-16-7-5-15(6-8-16)19(20,21)22/h3-10,13H,11-12H2,1-2H3,(H2,23,24,25). The number of amides is 2. The zero-order valence-corrected chi connectivity index (χ0v) is 14.6. The Morgan fingerprint density at radius 1 is 1.04 bits per heavy atom. The molecular formula is C19H21F3N2O2. The molecule has 0 atom stereocenters. The van der Waals surface area contributed by atoms with Gasteiger partial charge in [-0.15, -0.1) is 0 Å². The Morgan fingerprint density at radius 3 is 2.19 bits per heavy atom. The van der Waals surface area contributed by atoms with Gasteiger partial charge >= 0.3 is 12.2 Å². The fourth-order valence-corrected chi connectivity index (χ4v) is 2.20. The van der Waals surface area contributed by atoms with Gasteiger partial charge in [0.2, 0.25) is 0 Å². The molecule has 0 saturated carbocycles. The third kappa shape index (κ3) is 5.98. The maximum absolute atomic E-state index is 12.5. The van der Waals surface area contributed by atoms with Gasteiger partial charge in [0.1, 0.15) is 12.4 Å². The lowest BCUT2D eigenvalue weighted by molar-refractivity contribution is -0.137. The van der Waals surface area contributed by atoms with Crippen LogP contribution < -0.4 is 15.4 Å². The van der Waals surface area contributed by atoms with Crippen LogP contribution in [0.1, 0.15) is 30.9 Å². The molecule has 0 fully saturated rings. The average Bonchev–Trinajstić information content (AvgIpc) is 2.59. The van der Waals surface area contributed by atoms with E-state index in [2.05, 4.69) is 24.5 Å². The molecule has 140 valence electrons. The van der Waals surface area contributed by atoms with Crippen molar-refractivity contribution in [1.29, 1.82) is 0 Å². The summed E-state index contributed by atoms with van der Waals surface area (Å²) in [7, 11) is 0. The van der Waals surface area contributed by atoms with Gasteiger partial charge in [-0.05, 0) is 47.9 Å². The fraction of sp³-hybridized carbons (Fsp3) is 0.316. The lowest BCUT2D eigenvalue weighted by atomic mass is 10.0. The highest BCUT2D eigenvalue weighted by Gasteiger charge is 2.29. The van der Waals surface area contributed by atoms with Gasteiger partial charge < -0.3 is 15.4 Å². The predicted molar refractivity (Wildman–Crippen MR) is 94.5 cm³/mol. The molecule has 0 heterocycles. The summed E-state index contributed by atoms with van der Waals surface area (Å²) in [6.45, 7) is 4.75. The van der Waals surface area contributed by atoms with Crippen LogP contribution in [0, 0.1) is 0 Å². The second kappa shape index (κ2) is 8.60. The second-order valence-corrected chi connectivity index (χ2v) is 6.03. The first-order valence-corrected chi connectivity index (χ1v) is 8.20. The van der Waals surface area contributed by atoms with E-state index in [1.165, 1.54) is 17.7 Å². The third-order valence-electron chi connectivity index (χ3n) is 3.67. The van der Waals surface area contributed by atoms with Crippen molar-refractivity contribution >= 4 is 11.7 Å². The fourth-order valence-electron chi connectivity index (χ4n) is 2.20.